The van der Waals surface area contributed by atoms with Gasteiger partial charge < -0.3 is 19.5 Å². The molecule has 2 N–H and O–H groups in total. The Balaban J connectivity index is 1.51. The molecule has 0 unspecified atom stereocenters. The van der Waals surface area contributed by atoms with Crippen molar-refractivity contribution in [2.45, 2.75) is 56.3 Å². The number of carbonyl (C=O) groups excluding carboxylic acids is 1. The van der Waals surface area contributed by atoms with E-state index in [1.807, 2.05) is 4.90 Å². The molecular weight excluding hydrogens is 396 g/mol. The number of likely N-dealkylation sites (tertiary alicyclic amines) is 1. The summed E-state index contributed by atoms with van der Waals surface area (Å²) in [6, 6.07) is 5.18. The van der Waals surface area contributed by atoms with Crippen LogP contribution in [0.15, 0.2) is 18.2 Å². The van der Waals surface area contributed by atoms with E-state index in [4.69, 9.17) is 9.47 Å². The van der Waals surface area contributed by atoms with Gasteiger partial charge in [0.05, 0.1) is 25.4 Å². The van der Waals surface area contributed by atoms with Gasteiger partial charge in [0, 0.05) is 30.3 Å². The number of ether oxygens (including phenoxy) is 2. The molecule has 0 saturated carbocycles. The minimum absolute atomic E-state index is 0.0589. The molecule has 3 aliphatic rings. The maximum absolute atomic E-state index is 12.7. The maximum atomic E-state index is 12.7. The Morgan fingerprint density at radius 3 is 2.72 bits per heavy atom. The number of hydrogen-bond donors (Lipinski definition) is 2. The van der Waals surface area contributed by atoms with Crippen molar-refractivity contribution in [2.75, 3.05) is 30.7 Å². The molecule has 0 spiro atoms. The number of amides is 1. The standard InChI is InChI=1S/C20H28N2O6S/c1-29(25,26)21-13-5-6-17-15(9-13)16-10-14(27-18(12-23)20(16)28-17)11-19(24)22-7-3-2-4-8-22/h5-6,9,14,16,18,20-21,23H,2-4,7-8,10-12H2,1H3/t14-,16-,18+,20+/m1/s1. The van der Waals surface area contributed by atoms with E-state index in [0.717, 1.165) is 44.2 Å². The first-order valence-corrected chi connectivity index (χ1v) is 12.1. The lowest BCUT2D eigenvalue weighted by atomic mass is 9.84. The van der Waals surface area contributed by atoms with Gasteiger partial charge in [-0.2, -0.15) is 0 Å². The number of rotatable bonds is 5. The van der Waals surface area contributed by atoms with E-state index in [1.54, 1.807) is 18.2 Å². The summed E-state index contributed by atoms with van der Waals surface area (Å²) in [5.41, 5.74) is 1.37. The lowest BCUT2D eigenvalue weighted by Crippen LogP contribution is -2.48. The Morgan fingerprint density at radius 2 is 2.03 bits per heavy atom. The van der Waals surface area contributed by atoms with E-state index in [9.17, 15) is 18.3 Å². The molecule has 2 saturated heterocycles. The molecule has 2 fully saturated rings. The average molecular weight is 425 g/mol. The summed E-state index contributed by atoms with van der Waals surface area (Å²) in [4.78, 5) is 14.6. The summed E-state index contributed by atoms with van der Waals surface area (Å²) in [6.45, 7) is 1.40. The van der Waals surface area contributed by atoms with Crippen LogP contribution in [0.4, 0.5) is 5.69 Å². The van der Waals surface area contributed by atoms with Crippen LogP contribution >= 0.6 is 0 Å². The number of sulfonamides is 1. The second-order valence-corrected chi connectivity index (χ2v) is 9.92. The van der Waals surface area contributed by atoms with Crippen LogP contribution in [0.25, 0.3) is 0 Å². The molecule has 29 heavy (non-hydrogen) atoms. The number of aliphatic hydroxyl groups is 1. The van der Waals surface area contributed by atoms with Crippen molar-refractivity contribution in [1.82, 2.24) is 4.90 Å². The molecule has 4 rings (SSSR count). The van der Waals surface area contributed by atoms with Crippen molar-refractivity contribution < 1.29 is 27.8 Å². The summed E-state index contributed by atoms with van der Waals surface area (Å²) >= 11 is 0. The van der Waals surface area contributed by atoms with Crippen molar-refractivity contribution in [3.05, 3.63) is 23.8 Å². The molecule has 3 aliphatic heterocycles. The summed E-state index contributed by atoms with van der Waals surface area (Å²) in [7, 11) is -3.38. The van der Waals surface area contributed by atoms with Gasteiger partial charge in [-0.25, -0.2) is 8.42 Å². The average Bonchev–Trinajstić information content (AvgIpc) is 3.05. The summed E-state index contributed by atoms with van der Waals surface area (Å²) < 4.78 is 37.7. The van der Waals surface area contributed by atoms with E-state index in [0.29, 0.717) is 17.9 Å². The van der Waals surface area contributed by atoms with Gasteiger partial charge in [-0.05, 0) is 43.9 Å². The number of hydrogen-bond acceptors (Lipinski definition) is 6. The van der Waals surface area contributed by atoms with Crippen LogP contribution < -0.4 is 9.46 Å². The van der Waals surface area contributed by atoms with E-state index < -0.39 is 16.1 Å². The molecule has 0 bridgehead atoms. The van der Waals surface area contributed by atoms with Gasteiger partial charge in [-0.3, -0.25) is 9.52 Å². The first-order valence-electron chi connectivity index (χ1n) is 10.2. The zero-order valence-corrected chi connectivity index (χ0v) is 17.4. The Labute approximate surface area is 171 Å². The third-order valence-electron chi connectivity index (χ3n) is 5.91. The molecular formula is C20H28N2O6S. The molecule has 1 aromatic carbocycles. The molecule has 8 nitrogen and oxygen atoms in total. The highest BCUT2D eigenvalue weighted by atomic mass is 32.2. The molecule has 3 heterocycles. The summed E-state index contributed by atoms with van der Waals surface area (Å²) in [6.07, 6.45) is 4.07. The number of carbonyl (C=O) groups is 1. The van der Waals surface area contributed by atoms with Crippen molar-refractivity contribution >= 4 is 21.6 Å². The highest BCUT2D eigenvalue weighted by Crippen LogP contribution is 2.47. The van der Waals surface area contributed by atoms with Crippen LogP contribution in [0.5, 0.6) is 5.75 Å². The van der Waals surface area contributed by atoms with Gasteiger partial charge in [0.15, 0.2) is 0 Å². The van der Waals surface area contributed by atoms with Crippen LogP contribution in [0.2, 0.25) is 0 Å². The van der Waals surface area contributed by atoms with Crippen molar-refractivity contribution in [3.8, 4) is 5.75 Å². The third-order valence-corrected chi connectivity index (χ3v) is 6.52. The third kappa shape index (κ3) is 4.51. The fraction of sp³-hybridized carbons (Fsp3) is 0.650. The van der Waals surface area contributed by atoms with Crippen LogP contribution in [0, 0.1) is 0 Å². The fourth-order valence-electron chi connectivity index (χ4n) is 4.63. The zero-order valence-electron chi connectivity index (χ0n) is 16.5. The van der Waals surface area contributed by atoms with Crippen LogP contribution in [-0.4, -0.2) is 68.6 Å². The monoisotopic (exact) mass is 424 g/mol. The topological polar surface area (TPSA) is 105 Å². The smallest absolute Gasteiger partial charge is 0.229 e. The molecule has 160 valence electrons. The SMILES string of the molecule is CS(=O)(=O)Nc1ccc2c(c1)[C@H]1C[C@H](CC(=O)N3CCCCC3)O[C@@H](CO)[C@H]1O2. The van der Waals surface area contributed by atoms with Crippen molar-refractivity contribution in [1.29, 1.82) is 0 Å². The normalized spacial score (nSPS) is 29.0. The predicted octanol–water partition coefficient (Wildman–Crippen LogP) is 1.46. The first kappa shape index (κ1) is 20.4. The summed E-state index contributed by atoms with van der Waals surface area (Å²) in [5.74, 6) is 0.706. The molecule has 4 atom stereocenters. The van der Waals surface area contributed by atoms with Crippen molar-refractivity contribution in [2.24, 2.45) is 0 Å². The van der Waals surface area contributed by atoms with E-state index in [1.165, 1.54) is 0 Å². The maximum Gasteiger partial charge on any atom is 0.229 e. The van der Waals surface area contributed by atoms with Crippen molar-refractivity contribution in [3.63, 3.8) is 0 Å². The zero-order chi connectivity index (χ0) is 20.6. The number of piperidine rings is 1. The molecule has 0 aromatic heterocycles. The number of nitrogens with zero attached hydrogens (tertiary/aromatic N) is 1. The van der Waals surface area contributed by atoms with E-state index >= 15 is 0 Å². The van der Waals surface area contributed by atoms with Gasteiger partial charge >= 0.3 is 0 Å². The van der Waals surface area contributed by atoms with Crippen LogP contribution in [0.3, 0.4) is 0 Å². The van der Waals surface area contributed by atoms with Crippen LogP contribution in [0.1, 0.15) is 43.6 Å². The van der Waals surface area contributed by atoms with Gasteiger partial charge in [-0.1, -0.05) is 0 Å². The number of anilines is 1. The first-order chi connectivity index (χ1) is 13.8. The Morgan fingerprint density at radius 1 is 1.28 bits per heavy atom. The quantitative estimate of drug-likeness (QED) is 0.741. The number of aliphatic hydroxyl groups excluding tert-OH is 1. The molecule has 0 radical (unpaired) electrons. The number of nitrogens with one attached hydrogen (secondary N) is 1. The van der Waals surface area contributed by atoms with Gasteiger partial charge in [0.1, 0.15) is 18.0 Å². The second-order valence-electron chi connectivity index (χ2n) is 8.18. The lowest BCUT2D eigenvalue weighted by Gasteiger charge is -2.38. The Bertz CT molecular complexity index is 868. The predicted molar refractivity (Wildman–Crippen MR) is 107 cm³/mol. The number of fused-ring (bicyclic) bond motifs is 3. The Kier molecular flexibility index (Phi) is 5.72. The fourth-order valence-corrected chi connectivity index (χ4v) is 5.19. The molecule has 9 heteroatoms. The highest BCUT2D eigenvalue weighted by Gasteiger charge is 2.46. The minimum Gasteiger partial charge on any atom is -0.487 e. The van der Waals surface area contributed by atoms with E-state index in [2.05, 4.69) is 4.72 Å². The van der Waals surface area contributed by atoms with Gasteiger partial charge in [0.2, 0.25) is 15.9 Å². The minimum atomic E-state index is -3.38. The molecule has 1 aromatic rings. The van der Waals surface area contributed by atoms with Crippen LogP contribution in [-0.2, 0) is 19.6 Å². The lowest BCUT2D eigenvalue weighted by molar-refractivity contribution is -0.149. The van der Waals surface area contributed by atoms with Gasteiger partial charge in [-0.15, -0.1) is 0 Å². The summed E-state index contributed by atoms with van der Waals surface area (Å²) in [5, 5.41) is 9.83. The number of benzene rings is 1. The molecule has 1 amide bonds. The van der Waals surface area contributed by atoms with Gasteiger partial charge in [0.25, 0.3) is 0 Å². The Hall–Kier alpha value is -1.84. The highest BCUT2D eigenvalue weighted by molar-refractivity contribution is 7.92. The van der Waals surface area contributed by atoms with E-state index in [-0.39, 0.29) is 37.1 Å². The largest absolute Gasteiger partial charge is 0.487 e. The second kappa shape index (κ2) is 8.12. The molecule has 0 aliphatic carbocycles.